The Labute approximate surface area is 113 Å². The number of anilines is 1. The van der Waals surface area contributed by atoms with Crippen LogP contribution in [-0.4, -0.2) is 50.3 Å². The number of nitrogens with zero attached hydrogens (tertiary/aromatic N) is 1. The molecule has 0 radical (unpaired) electrons. The van der Waals surface area contributed by atoms with Crippen molar-refractivity contribution in [1.29, 1.82) is 0 Å². The molecule has 0 aliphatic carbocycles. The van der Waals surface area contributed by atoms with Gasteiger partial charge in [0.25, 0.3) is 0 Å². The summed E-state index contributed by atoms with van der Waals surface area (Å²) in [7, 11) is 1.71. The van der Waals surface area contributed by atoms with E-state index in [1.165, 1.54) is 0 Å². The van der Waals surface area contributed by atoms with E-state index in [9.17, 15) is 4.79 Å². The van der Waals surface area contributed by atoms with Crippen molar-refractivity contribution in [3.63, 3.8) is 0 Å². The maximum atomic E-state index is 11.8. The van der Waals surface area contributed by atoms with Gasteiger partial charge in [-0.25, -0.2) is 4.79 Å². The maximum Gasteiger partial charge on any atom is 0.319 e. The minimum Gasteiger partial charge on any atom is -0.383 e. The second kappa shape index (κ2) is 7.11. The fourth-order valence-electron chi connectivity index (χ4n) is 2.25. The lowest BCUT2D eigenvalue weighted by Crippen LogP contribution is -2.40. The molecule has 2 N–H and O–H groups in total. The van der Waals surface area contributed by atoms with Crippen LogP contribution in [0.25, 0.3) is 0 Å². The Bertz CT molecular complexity index is 397. The highest BCUT2D eigenvalue weighted by Crippen LogP contribution is 2.09. The summed E-state index contributed by atoms with van der Waals surface area (Å²) in [4.78, 5) is 14.1. The van der Waals surface area contributed by atoms with Gasteiger partial charge in [-0.2, -0.15) is 0 Å². The van der Waals surface area contributed by atoms with Crippen LogP contribution in [0.2, 0.25) is 0 Å². The third kappa shape index (κ3) is 4.54. The van der Waals surface area contributed by atoms with Crippen molar-refractivity contribution in [3.05, 3.63) is 30.3 Å². The van der Waals surface area contributed by atoms with E-state index in [1.54, 1.807) is 7.11 Å². The summed E-state index contributed by atoms with van der Waals surface area (Å²) < 4.78 is 5.06. The fourth-order valence-corrected chi connectivity index (χ4v) is 2.25. The topological polar surface area (TPSA) is 53.6 Å². The molecule has 1 fully saturated rings. The first-order valence-corrected chi connectivity index (χ1v) is 6.62. The summed E-state index contributed by atoms with van der Waals surface area (Å²) >= 11 is 0. The average Bonchev–Trinajstić information content (AvgIpc) is 2.85. The number of para-hydroxylation sites is 1. The van der Waals surface area contributed by atoms with Gasteiger partial charge >= 0.3 is 6.03 Å². The number of amides is 2. The molecule has 2 rings (SSSR count). The van der Waals surface area contributed by atoms with E-state index in [-0.39, 0.29) is 12.1 Å². The van der Waals surface area contributed by atoms with E-state index in [0.717, 1.165) is 38.3 Å². The molecule has 1 aromatic rings. The number of carbonyl (C=O) groups excluding carboxylic acids is 1. The van der Waals surface area contributed by atoms with Crippen LogP contribution in [0.5, 0.6) is 0 Å². The number of methoxy groups -OCH3 is 1. The van der Waals surface area contributed by atoms with Gasteiger partial charge in [-0.05, 0) is 18.6 Å². The SMILES string of the molecule is COCCN1CCC(NC(=O)Nc2ccccc2)C1. The van der Waals surface area contributed by atoms with Crippen molar-refractivity contribution < 1.29 is 9.53 Å². The largest absolute Gasteiger partial charge is 0.383 e. The normalized spacial score (nSPS) is 19.3. The minimum absolute atomic E-state index is 0.134. The van der Waals surface area contributed by atoms with Crippen LogP contribution in [0.1, 0.15) is 6.42 Å². The Hall–Kier alpha value is -1.59. The standard InChI is InChI=1S/C14H21N3O2/c1-19-10-9-17-8-7-13(11-17)16-14(18)15-12-5-3-2-4-6-12/h2-6,13H,7-11H2,1H3,(H2,15,16,18). The van der Waals surface area contributed by atoms with Gasteiger partial charge in [-0.1, -0.05) is 18.2 Å². The Morgan fingerprint density at radius 3 is 2.95 bits per heavy atom. The average molecular weight is 263 g/mol. The van der Waals surface area contributed by atoms with E-state index >= 15 is 0 Å². The number of hydrogen-bond acceptors (Lipinski definition) is 3. The van der Waals surface area contributed by atoms with Crippen molar-refractivity contribution in [1.82, 2.24) is 10.2 Å². The molecule has 0 bridgehead atoms. The van der Waals surface area contributed by atoms with Crippen molar-refractivity contribution in [2.45, 2.75) is 12.5 Å². The zero-order chi connectivity index (χ0) is 13.5. The molecule has 1 aliphatic rings. The first-order valence-electron chi connectivity index (χ1n) is 6.62. The van der Waals surface area contributed by atoms with Crippen molar-refractivity contribution in [2.24, 2.45) is 0 Å². The van der Waals surface area contributed by atoms with E-state index in [0.29, 0.717) is 0 Å². The van der Waals surface area contributed by atoms with Gasteiger partial charge in [0.15, 0.2) is 0 Å². The molecule has 1 atom stereocenters. The van der Waals surface area contributed by atoms with Crippen molar-refractivity contribution >= 4 is 11.7 Å². The fraction of sp³-hybridized carbons (Fsp3) is 0.500. The Morgan fingerprint density at radius 1 is 1.42 bits per heavy atom. The molecule has 0 spiro atoms. The van der Waals surface area contributed by atoms with Gasteiger partial charge in [0, 0.05) is 38.5 Å². The summed E-state index contributed by atoms with van der Waals surface area (Å²) in [5, 5.41) is 5.83. The molecule has 2 amide bonds. The van der Waals surface area contributed by atoms with E-state index < -0.39 is 0 Å². The molecule has 0 saturated carbocycles. The van der Waals surface area contributed by atoms with Crippen molar-refractivity contribution in [3.8, 4) is 0 Å². The number of carbonyl (C=O) groups is 1. The number of rotatable bonds is 5. The summed E-state index contributed by atoms with van der Waals surface area (Å²) in [6.07, 6.45) is 0.992. The van der Waals surface area contributed by atoms with E-state index in [2.05, 4.69) is 15.5 Å². The number of benzene rings is 1. The van der Waals surface area contributed by atoms with Crippen molar-refractivity contribution in [2.75, 3.05) is 38.7 Å². The molecular formula is C14H21N3O2. The van der Waals surface area contributed by atoms with Gasteiger partial charge in [0.1, 0.15) is 0 Å². The quantitative estimate of drug-likeness (QED) is 0.847. The molecule has 1 heterocycles. The predicted octanol–water partition coefficient (Wildman–Crippen LogP) is 1.53. The summed E-state index contributed by atoms with van der Waals surface area (Å²) in [6, 6.07) is 9.56. The lowest BCUT2D eigenvalue weighted by molar-refractivity contribution is 0.160. The predicted molar refractivity (Wildman–Crippen MR) is 75.3 cm³/mol. The minimum atomic E-state index is -0.134. The molecule has 1 saturated heterocycles. The van der Waals surface area contributed by atoms with Crippen LogP contribution in [0.4, 0.5) is 10.5 Å². The molecule has 5 nitrogen and oxygen atoms in total. The third-order valence-corrected chi connectivity index (χ3v) is 3.25. The molecule has 5 heteroatoms. The highest BCUT2D eigenvalue weighted by atomic mass is 16.5. The second-order valence-corrected chi connectivity index (χ2v) is 4.74. The van der Waals surface area contributed by atoms with Crippen LogP contribution in [0.15, 0.2) is 30.3 Å². The monoisotopic (exact) mass is 263 g/mol. The maximum absolute atomic E-state index is 11.8. The van der Waals surface area contributed by atoms with E-state index in [1.807, 2.05) is 30.3 Å². The Balaban J connectivity index is 1.72. The van der Waals surface area contributed by atoms with Crippen LogP contribution >= 0.6 is 0 Å². The second-order valence-electron chi connectivity index (χ2n) is 4.74. The van der Waals surface area contributed by atoms with Gasteiger partial charge in [0.2, 0.25) is 0 Å². The summed E-state index contributed by atoms with van der Waals surface area (Å²) in [6.45, 7) is 3.57. The zero-order valence-electron chi connectivity index (χ0n) is 11.3. The molecule has 19 heavy (non-hydrogen) atoms. The number of urea groups is 1. The van der Waals surface area contributed by atoms with Gasteiger partial charge in [0.05, 0.1) is 6.61 Å². The van der Waals surface area contributed by atoms with Crippen LogP contribution in [0.3, 0.4) is 0 Å². The molecule has 0 aromatic heterocycles. The Morgan fingerprint density at radius 2 is 2.21 bits per heavy atom. The molecule has 104 valence electrons. The first kappa shape index (κ1) is 13.8. The summed E-state index contributed by atoms with van der Waals surface area (Å²) in [5.41, 5.74) is 0.814. The van der Waals surface area contributed by atoms with E-state index in [4.69, 9.17) is 4.74 Å². The van der Waals surface area contributed by atoms with Crippen LogP contribution < -0.4 is 10.6 Å². The van der Waals surface area contributed by atoms with Gasteiger partial charge in [-0.3, -0.25) is 4.90 Å². The first-order chi connectivity index (χ1) is 9.28. The lowest BCUT2D eigenvalue weighted by atomic mass is 10.3. The smallest absolute Gasteiger partial charge is 0.319 e. The number of hydrogen-bond donors (Lipinski definition) is 2. The molecule has 1 unspecified atom stereocenters. The van der Waals surface area contributed by atoms with Gasteiger partial charge < -0.3 is 15.4 Å². The number of nitrogens with one attached hydrogen (secondary N) is 2. The molecule has 1 aromatic carbocycles. The highest BCUT2D eigenvalue weighted by molar-refractivity contribution is 5.89. The van der Waals surface area contributed by atoms with Crippen LogP contribution in [-0.2, 0) is 4.74 Å². The molecule has 1 aliphatic heterocycles. The summed E-state index contributed by atoms with van der Waals surface area (Å²) in [5.74, 6) is 0. The zero-order valence-corrected chi connectivity index (χ0v) is 11.3. The Kier molecular flexibility index (Phi) is 5.18. The molecular weight excluding hydrogens is 242 g/mol. The third-order valence-electron chi connectivity index (χ3n) is 3.25. The van der Waals surface area contributed by atoms with Crippen LogP contribution in [0, 0.1) is 0 Å². The lowest BCUT2D eigenvalue weighted by Gasteiger charge is -2.16. The number of ether oxygens (including phenoxy) is 1. The highest BCUT2D eigenvalue weighted by Gasteiger charge is 2.23. The van der Waals surface area contributed by atoms with Gasteiger partial charge in [-0.15, -0.1) is 0 Å². The number of likely N-dealkylation sites (tertiary alicyclic amines) is 1.